The van der Waals surface area contributed by atoms with Crippen molar-refractivity contribution in [1.82, 2.24) is 0 Å². The predicted molar refractivity (Wildman–Crippen MR) is 76.0 cm³/mol. The van der Waals surface area contributed by atoms with E-state index >= 15 is 0 Å². The van der Waals surface area contributed by atoms with Gasteiger partial charge in [-0.3, -0.25) is 0 Å². The standard InChI is InChI=1S/C16H15ClF2O/c1-10-5-6-12(18)7-11(10)8-13(20)9-14-15(17)3-2-4-16(14)19/h2-7,13,20H,8-9H2,1H3. The first kappa shape index (κ1) is 14.9. The van der Waals surface area contributed by atoms with Crippen LogP contribution in [0.5, 0.6) is 0 Å². The van der Waals surface area contributed by atoms with Crippen LogP contribution in [0.1, 0.15) is 16.7 Å². The van der Waals surface area contributed by atoms with Crippen molar-refractivity contribution < 1.29 is 13.9 Å². The topological polar surface area (TPSA) is 20.2 Å². The summed E-state index contributed by atoms with van der Waals surface area (Å²) in [6, 6.07) is 8.83. The van der Waals surface area contributed by atoms with Gasteiger partial charge in [-0.1, -0.05) is 23.7 Å². The quantitative estimate of drug-likeness (QED) is 0.901. The van der Waals surface area contributed by atoms with Crippen LogP contribution >= 0.6 is 11.6 Å². The highest BCUT2D eigenvalue weighted by Gasteiger charge is 2.14. The summed E-state index contributed by atoms with van der Waals surface area (Å²) >= 11 is 5.92. The first-order valence-corrected chi connectivity index (χ1v) is 6.71. The molecule has 0 fully saturated rings. The number of rotatable bonds is 4. The molecule has 2 aromatic carbocycles. The molecular weight excluding hydrogens is 282 g/mol. The number of aryl methyl sites for hydroxylation is 1. The first-order valence-electron chi connectivity index (χ1n) is 6.33. The molecule has 1 atom stereocenters. The third-order valence-corrected chi connectivity index (χ3v) is 3.62. The second-order valence-electron chi connectivity index (χ2n) is 4.83. The molecule has 0 saturated carbocycles. The van der Waals surface area contributed by atoms with E-state index in [0.717, 1.165) is 5.56 Å². The van der Waals surface area contributed by atoms with Crippen molar-refractivity contribution in [2.75, 3.05) is 0 Å². The number of aliphatic hydroxyl groups is 1. The van der Waals surface area contributed by atoms with Crippen LogP contribution in [0.4, 0.5) is 8.78 Å². The molecule has 0 aliphatic carbocycles. The Hall–Kier alpha value is -1.45. The van der Waals surface area contributed by atoms with Gasteiger partial charge in [-0.2, -0.15) is 0 Å². The summed E-state index contributed by atoms with van der Waals surface area (Å²) in [6.45, 7) is 1.84. The van der Waals surface area contributed by atoms with E-state index in [1.807, 2.05) is 6.92 Å². The van der Waals surface area contributed by atoms with Crippen LogP contribution in [0.2, 0.25) is 5.02 Å². The van der Waals surface area contributed by atoms with E-state index in [2.05, 4.69) is 0 Å². The summed E-state index contributed by atoms with van der Waals surface area (Å²) in [6.07, 6.45) is -0.458. The summed E-state index contributed by atoms with van der Waals surface area (Å²) in [5, 5.41) is 10.4. The van der Waals surface area contributed by atoms with Crippen molar-refractivity contribution in [3.05, 3.63) is 69.7 Å². The first-order chi connectivity index (χ1) is 9.47. The maximum absolute atomic E-state index is 13.6. The zero-order chi connectivity index (χ0) is 14.7. The number of benzene rings is 2. The summed E-state index contributed by atoms with van der Waals surface area (Å²) in [4.78, 5) is 0. The Morgan fingerprint density at radius 2 is 1.90 bits per heavy atom. The molecule has 0 amide bonds. The fraction of sp³-hybridized carbons (Fsp3) is 0.250. The molecular formula is C16H15ClF2O. The van der Waals surface area contributed by atoms with Gasteiger partial charge in [0.15, 0.2) is 0 Å². The lowest BCUT2D eigenvalue weighted by Crippen LogP contribution is -2.16. The molecule has 0 radical (unpaired) electrons. The van der Waals surface area contributed by atoms with E-state index in [1.165, 1.54) is 24.3 Å². The van der Waals surface area contributed by atoms with Gasteiger partial charge in [0.05, 0.1) is 6.10 Å². The second kappa shape index (κ2) is 6.33. The van der Waals surface area contributed by atoms with Crippen molar-refractivity contribution in [1.29, 1.82) is 0 Å². The van der Waals surface area contributed by atoms with Gasteiger partial charge in [0, 0.05) is 17.0 Å². The van der Waals surface area contributed by atoms with Gasteiger partial charge in [-0.05, 0) is 48.7 Å². The molecule has 2 rings (SSSR count). The molecule has 0 spiro atoms. The number of aliphatic hydroxyl groups excluding tert-OH is 1. The minimum atomic E-state index is -0.815. The minimum absolute atomic E-state index is 0.0987. The van der Waals surface area contributed by atoms with Crippen molar-refractivity contribution in [3.63, 3.8) is 0 Å². The fourth-order valence-electron chi connectivity index (χ4n) is 2.15. The van der Waals surface area contributed by atoms with E-state index in [4.69, 9.17) is 11.6 Å². The molecule has 0 aliphatic rings. The molecule has 0 aromatic heterocycles. The maximum atomic E-state index is 13.6. The minimum Gasteiger partial charge on any atom is -0.392 e. The van der Waals surface area contributed by atoms with Gasteiger partial charge >= 0.3 is 0 Å². The zero-order valence-electron chi connectivity index (χ0n) is 11.0. The van der Waals surface area contributed by atoms with E-state index in [9.17, 15) is 13.9 Å². The number of hydrogen-bond acceptors (Lipinski definition) is 1. The molecule has 0 heterocycles. The molecule has 0 aliphatic heterocycles. The van der Waals surface area contributed by atoms with Crippen LogP contribution in [0.15, 0.2) is 36.4 Å². The Bertz CT molecular complexity index is 593. The third kappa shape index (κ3) is 3.56. The van der Waals surface area contributed by atoms with Crippen molar-refractivity contribution >= 4 is 11.6 Å². The monoisotopic (exact) mass is 296 g/mol. The summed E-state index contributed by atoms with van der Waals surface area (Å²) < 4.78 is 26.8. The van der Waals surface area contributed by atoms with Gasteiger partial charge in [0.25, 0.3) is 0 Å². The molecule has 0 saturated heterocycles. The molecule has 4 heteroatoms. The lowest BCUT2D eigenvalue weighted by atomic mass is 9.98. The SMILES string of the molecule is Cc1ccc(F)cc1CC(O)Cc1c(F)cccc1Cl. The smallest absolute Gasteiger partial charge is 0.127 e. The molecule has 1 unspecified atom stereocenters. The van der Waals surface area contributed by atoms with Crippen LogP contribution < -0.4 is 0 Å². The summed E-state index contributed by atoms with van der Waals surface area (Å²) in [7, 11) is 0. The zero-order valence-corrected chi connectivity index (χ0v) is 11.8. The Labute approximate surface area is 121 Å². The lowest BCUT2D eigenvalue weighted by Gasteiger charge is -2.14. The van der Waals surface area contributed by atoms with Crippen LogP contribution in [0.3, 0.4) is 0 Å². The fourth-order valence-corrected chi connectivity index (χ4v) is 2.39. The maximum Gasteiger partial charge on any atom is 0.127 e. The average Bonchev–Trinajstić information content (AvgIpc) is 2.38. The van der Waals surface area contributed by atoms with Crippen molar-refractivity contribution in [2.45, 2.75) is 25.9 Å². The van der Waals surface area contributed by atoms with Gasteiger partial charge in [0.2, 0.25) is 0 Å². The van der Waals surface area contributed by atoms with E-state index in [-0.39, 0.29) is 24.2 Å². The van der Waals surface area contributed by atoms with E-state index < -0.39 is 11.9 Å². The Morgan fingerprint density at radius 1 is 1.15 bits per heavy atom. The normalized spacial score (nSPS) is 12.4. The van der Waals surface area contributed by atoms with Crippen LogP contribution in [-0.4, -0.2) is 11.2 Å². The van der Waals surface area contributed by atoms with Gasteiger partial charge < -0.3 is 5.11 Å². The van der Waals surface area contributed by atoms with Crippen LogP contribution in [-0.2, 0) is 12.8 Å². The van der Waals surface area contributed by atoms with E-state index in [0.29, 0.717) is 10.6 Å². The highest BCUT2D eigenvalue weighted by Crippen LogP contribution is 2.22. The molecule has 20 heavy (non-hydrogen) atoms. The number of hydrogen-bond donors (Lipinski definition) is 1. The van der Waals surface area contributed by atoms with Gasteiger partial charge in [0.1, 0.15) is 11.6 Å². The van der Waals surface area contributed by atoms with Crippen molar-refractivity contribution in [3.8, 4) is 0 Å². The Balaban J connectivity index is 2.13. The molecule has 2 aromatic rings. The van der Waals surface area contributed by atoms with E-state index in [1.54, 1.807) is 12.1 Å². The third-order valence-electron chi connectivity index (χ3n) is 3.27. The lowest BCUT2D eigenvalue weighted by molar-refractivity contribution is 0.174. The number of halogens is 3. The Morgan fingerprint density at radius 3 is 2.60 bits per heavy atom. The van der Waals surface area contributed by atoms with Crippen LogP contribution in [0.25, 0.3) is 0 Å². The average molecular weight is 297 g/mol. The van der Waals surface area contributed by atoms with Gasteiger partial charge in [-0.15, -0.1) is 0 Å². The van der Waals surface area contributed by atoms with Crippen LogP contribution in [0, 0.1) is 18.6 Å². The highest BCUT2D eigenvalue weighted by atomic mass is 35.5. The molecule has 1 nitrogen and oxygen atoms in total. The summed E-state index contributed by atoms with van der Waals surface area (Å²) in [5.41, 5.74) is 1.89. The molecule has 1 N–H and O–H groups in total. The molecule has 0 bridgehead atoms. The van der Waals surface area contributed by atoms with Gasteiger partial charge in [-0.25, -0.2) is 8.78 Å². The van der Waals surface area contributed by atoms with Crippen molar-refractivity contribution in [2.24, 2.45) is 0 Å². The Kier molecular flexibility index (Phi) is 4.73. The summed E-state index contributed by atoms with van der Waals surface area (Å²) in [5.74, 6) is -0.783. The predicted octanol–water partition coefficient (Wildman–Crippen LogP) is 4.07. The largest absolute Gasteiger partial charge is 0.392 e. The molecule has 106 valence electrons. The second-order valence-corrected chi connectivity index (χ2v) is 5.24. The highest BCUT2D eigenvalue weighted by molar-refractivity contribution is 6.31.